The van der Waals surface area contributed by atoms with E-state index in [9.17, 15) is 9.59 Å². The lowest BCUT2D eigenvalue weighted by Gasteiger charge is -2.33. The van der Waals surface area contributed by atoms with Crippen LogP contribution in [0, 0.1) is 5.41 Å². The maximum atomic E-state index is 12.0. The summed E-state index contributed by atoms with van der Waals surface area (Å²) in [7, 11) is 0. The van der Waals surface area contributed by atoms with Crippen LogP contribution in [0.4, 0.5) is 0 Å². The Labute approximate surface area is 107 Å². The van der Waals surface area contributed by atoms with Crippen molar-refractivity contribution in [3.63, 3.8) is 0 Å². The molecule has 0 aliphatic carbocycles. The molecule has 1 aromatic rings. The van der Waals surface area contributed by atoms with Crippen molar-refractivity contribution in [2.75, 3.05) is 0 Å². The zero-order valence-electron chi connectivity index (χ0n) is 11.6. The number of carbonyl (C=O) groups excluding carboxylic acids is 1. The number of nitrogens with zero attached hydrogens (tertiary/aromatic N) is 1. The fourth-order valence-corrected chi connectivity index (χ4v) is 2.21. The molecule has 0 saturated carbocycles. The minimum Gasteiger partial charge on any atom is -0.346 e. The first-order chi connectivity index (χ1) is 8.09. The number of hydrogen-bond donors (Lipinski definition) is 2. The van der Waals surface area contributed by atoms with E-state index in [1.54, 1.807) is 0 Å². The molecule has 1 heterocycles. The van der Waals surface area contributed by atoms with Gasteiger partial charge < -0.3 is 5.32 Å². The number of carbonyl (C=O) groups is 1. The third-order valence-corrected chi connectivity index (χ3v) is 2.34. The Balaban J connectivity index is 2.75. The highest BCUT2D eigenvalue weighted by molar-refractivity contribution is 5.92. The molecule has 0 atom stereocenters. The molecule has 0 aromatic carbocycles. The van der Waals surface area contributed by atoms with Crippen molar-refractivity contribution in [2.24, 2.45) is 5.41 Å². The molecule has 0 radical (unpaired) electrons. The van der Waals surface area contributed by atoms with Gasteiger partial charge in [-0.05, 0) is 31.7 Å². The van der Waals surface area contributed by atoms with Gasteiger partial charge in [-0.25, -0.2) is 5.10 Å². The fourth-order valence-electron chi connectivity index (χ4n) is 2.21. The summed E-state index contributed by atoms with van der Waals surface area (Å²) < 4.78 is 0. The molecule has 1 rings (SSSR count). The van der Waals surface area contributed by atoms with Crippen LogP contribution in [0.15, 0.2) is 16.9 Å². The first kappa shape index (κ1) is 14.4. The normalized spacial score (nSPS) is 12.3. The summed E-state index contributed by atoms with van der Waals surface area (Å²) in [5, 5.41) is 8.88. The molecule has 5 nitrogen and oxygen atoms in total. The molecule has 5 heteroatoms. The lowest BCUT2D eigenvalue weighted by atomic mass is 9.82. The minimum atomic E-state index is -0.326. The van der Waals surface area contributed by atoms with Crippen LogP contribution in [0.25, 0.3) is 0 Å². The summed E-state index contributed by atoms with van der Waals surface area (Å²) in [6, 6.07) is 2.71. The molecule has 18 heavy (non-hydrogen) atoms. The topological polar surface area (TPSA) is 74.8 Å². The predicted octanol–water partition coefficient (Wildman–Crippen LogP) is 1.71. The van der Waals surface area contributed by atoms with E-state index in [0.29, 0.717) is 0 Å². The van der Waals surface area contributed by atoms with E-state index in [-0.39, 0.29) is 28.1 Å². The summed E-state index contributed by atoms with van der Waals surface area (Å²) in [6.07, 6.45) is 0.842. The van der Waals surface area contributed by atoms with Crippen LogP contribution in [0.1, 0.15) is 51.5 Å². The van der Waals surface area contributed by atoms with Gasteiger partial charge in [0.15, 0.2) is 0 Å². The molecule has 0 fully saturated rings. The highest BCUT2D eigenvalue weighted by Gasteiger charge is 2.27. The zero-order chi connectivity index (χ0) is 14.0. The number of H-pyrrole nitrogens is 1. The van der Waals surface area contributed by atoms with Gasteiger partial charge in [-0.3, -0.25) is 9.59 Å². The average molecular weight is 251 g/mol. The molecule has 0 saturated heterocycles. The Bertz CT molecular complexity index is 463. The van der Waals surface area contributed by atoms with Gasteiger partial charge in [0, 0.05) is 11.6 Å². The molecule has 0 aliphatic rings. The van der Waals surface area contributed by atoms with Gasteiger partial charge in [0.05, 0.1) is 0 Å². The molecule has 0 spiro atoms. The zero-order valence-corrected chi connectivity index (χ0v) is 11.6. The number of nitrogens with one attached hydrogen (secondary N) is 2. The monoisotopic (exact) mass is 251 g/mol. The number of rotatable bonds is 3. The van der Waals surface area contributed by atoms with E-state index < -0.39 is 0 Å². The van der Waals surface area contributed by atoms with Gasteiger partial charge in [-0.15, -0.1) is 0 Å². The van der Waals surface area contributed by atoms with Gasteiger partial charge >= 0.3 is 0 Å². The number of aromatic amines is 1. The smallest absolute Gasteiger partial charge is 0.272 e. The van der Waals surface area contributed by atoms with E-state index in [4.69, 9.17) is 0 Å². The molecular formula is C13H21N3O2. The van der Waals surface area contributed by atoms with Crippen molar-refractivity contribution in [1.82, 2.24) is 15.5 Å². The number of hydrogen-bond acceptors (Lipinski definition) is 3. The van der Waals surface area contributed by atoms with Crippen molar-refractivity contribution >= 4 is 5.91 Å². The molecule has 100 valence electrons. The summed E-state index contributed by atoms with van der Waals surface area (Å²) in [5.41, 5.74) is -0.306. The second kappa shape index (κ2) is 4.92. The largest absolute Gasteiger partial charge is 0.346 e. The molecule has 1 aromatic heterocycles. The maximum Gasteiger partial charge on any atom is 0.272 e. The summed E-state index contributed by atoms with van der Waals surface area (Å²) in [4.78, 5) is 22.8. The van der Waals surface area contributed by atoms with Crippen LogP contribution in [-0.2, 0) is 0 Å². The average Bonchev–Trinajstić information content (AvgIpc) is 2.13. The lowest BCUT2D eigenvalue weighted by Crippen LogP contribution is -2.46. The van der Waals surface area contributed by atoms with Gasteiger partial charge in [-0.1, -0.05) is 20.8 Å². The summed E-state index contributed by atoms with van der Waals surface area (Å²) >= 11 is 0. The van der Waals surface area contributed by atoms with E-state index >= 15 is 0 Å². The summed E-state index contributed by atoms with van der Waals surface area (Å²) in [5.74, 6) is -0.277. The Morgan fingerprint density at radius 1 is 1.28 bits per heavy atom. The fraction of sp³-hybridized carbons (Fsp3) is 0.615. The predicted molar refractivity (Wildman–Crippen MR) is 70.5 cm³/mol. The molecule has 2 N–H and O–H groups in total. The molecule has 0 unspecified atom stereocenters. The van der Waals surface area contributed by atoms with E-state index in [2.05, 4.69) is 36.3 Å². The Hall–Kier alpha value is -1.65. The molecule has 0 bridgehead atoms. The first-order valence-electron chi connectivity index (χ1n) is 5.97. The Kier molecular flexibility index (Phi) is 3.94. The highest BCUT2D eigenvalue weighted by Crippen LogP contribution is 2.26. The Morgan fingerprint density at radius 3 is 2.33 bits per heavy atom. The lowest BCUT2D eigenvalue weighted by molar-refractivity contribution is 0.0885. The van der Waals surface area contributed by atoms with Crippen LogP contribution in [0.2, 0.25) is 0 Å². The SMILES string of the molecule is CC(C)(C)CC(C)(C)NC(=O)c1ccc(=O)[nH]n1. The van der Waals surface area contributed by atoms with Crippen LogP contribution in [0.5, 0.6) is 0 Å². The van der Waals surface area contributed by atoms with Crippen LogP contribution in [-0.4, -0.2) is 21.6 Å². The van der Waals surface area contributed by atoms with Crippen molar-refractivity contribution in [3.05, 3.63) is 28.2 Å². The van der Waals surface area contributed by atoms with Gasteiger partial charge in [0.25, 0.3) is 11.5 Å². The standard InChI is InChI=1S/C13H21N3O2/c1-12(2,3)8-13(4,5)14-11(18)9-6-7-10(17)16-15-9/h6-7H,8H2,1-5H3,(H,14,18)(H,16,17). The van der Waals surface area contributed by atoms with Crippen LogP contribution in [0.3, 0.4) is 0 Å². The van der Waals surface area contributed by atoms with Gasteiger partial charge in [-0.2, -0.15) is 5.10 Å². The van der Waals surface area contributed by atoms with Gasteiger partial charge in [0.2, 0.25) is 0 Å². The van der Waals surface area contributed by atoms with E-state index in [0.717, 1.165) is 6.42 Å². The molecular weight excluding hydrogens is 230 g/mol. The molecule has 1 amide bonds. The number of amides is 1. The first-order valence-corrected chi connectivity index (χ1v) is 5.97. The van der Waals surface area contributed by atoms with Crippen molar-refractivity contribution in [3.8, 4) is 0 Å². The number of aromatic nitrogens is 2. The third-order valence-electron chi connectivity index (χ3n) is 2.34. The maximum absolute atomic E-state index is 12.0. The second-order valence-electron chi connectivity index (χ2n) is 6.38. The summed E-state index contributed by atoms with van der Waals surface area (Å²) in [6.45, 7) is 10.3. The van der Waals surface area contributed by atoms with Gasteiger partial charge in [0.1, 0.15) is 5.69 Å². The van der Waals surface area contributed by atoms with E-state index in [1.165, 1.54) is 12.1 Å². The quantitative estimate of drug-likeness (QED) is 0.858. The minimum absolute atomic E-state index is 0.120. The van der Waals surface area contributed by atoms with Crippen molar-refractivity contribution < 1.29 is 4.79 Å². The van der Waals surface area contributed by atoms with Crippen LogP contribution < -0.4 is 10.9 Å². The Morgan fingerprint density at radius 2 is 1.89 bits per heavy atom. The third kappa shape index (κ3) is 4.69. The molecule has 0 aliphatic heterocycles. The highest BCUT2D eigenvalue weighted by atomic mass is 16.2. The van der Waals surface area contributed by atoms with Crippen LogP contribution >= 0.6 is 0 Å². The van der Waals surface area contributed by atoms with Crippen molar-refractivity contribution in [2.45, 2.75) is 46.6 Å². The second-order valence-corrected chi connectivity index (χ2v) is 6.38. The van der Waals surface area contributed by atoms with Crippen molar-refractivity contribution in [1.29, 1.82) is 0 Å². The van der Waals surface area contributed by atoms with E-state index in [1.807, 2.05) is 13.8 Å².